The summed E-state index contributed by atoms with van der Waals surface area (Å²) < 4.78 is 11.2. The van der Waals surface area contributed by atoms with Crippen molar-refractivity contribution in [3.63, 3.8) is 0 Å². The molecule has 0 aliphatic carbocycles. The smallest absolute Gasteiger partial charge is 0.253 e. The highest BCUT2D eigenvalue weighted by atomic mass is 35.5. The van der Waals surface area contributed by atoms with Crippen molar-refractivity contribution in [3.8, 4) is 22.7 Å². The Bertz CT molecular complexity index is 1070. The molecule has 0 aliphatic heterocycles. The third kappa shape index (κ3) is 3.69. The SMILES string of the molecule is Cc1onc(-c2ccccc2)c1-c1nnc(CN[C@@H](C)c2ccccc2Cl)o1. The van der Waals surface area contributed by atoms with Crippen molar-refractivity contribution in [2.75, 3.05) is 0 Å². The van der Waals surface area contributed by atoms with Gasteiger partial charge >= 0.3 is 0 Å². The first-order chi connectivity index (χ1) is 13.6. The Hall–Kier alpha value is -2.96. The molecule has 0 unspecified atom stereocenters. The lowest BCUT2D eigenvalue weighted by atomic mass is 10.1. The maximum Gasteiger partial charge on any atom is 0.253 e. The Labute approximate surface area is 167 Å². The fourth-order valence-electron chi connectivity index (χ4n) is 3.02. The molecule has 0 bridgehead atoms. The Morgan fingerprint density at radius 2 is 1.79 bits per heavy atom. The largest absolute Gasteiger partial charge is 0.419 e. The van der Waals surface area contributed by atoms with E-state index in [1.165, 1.54) is 0 Å². The molecule has 0 spiro atoms. The maximum absolute atomic E-state index is 6.26. The van der Waals surface area contributed by atoms with Gasteiger partial charge in [-0.15, -0.1) is 10.2 Å². The van der Waals surface area contributed by atoms with Gasteiger partial charge in [0, 0.05) is 16.6 Å². The van der Waals surface area contributed by atoms with Gasteiger partial charge in [0.1, 0.15) is 17.0 Å². The molecule has 0 saturated carbocycles. The lowest BCUT2D eigenvalue weighted by molar-refractivity contribution is 0.399. The van der Waals surface area contributed by atoms with Crippen molar-refractivity contribution < 1.29 is 8.94 Å². The van der Waals surface area contributed by atoms with Crippen LogP contribution in [0.15, 0.2) is 63.5 Å². The number of nitrogens with one attached hydrogen (secondary N) is 1. The Morgan fingerprint density at radius 3 is 2.57 bits per heavy atom. The molecule has 6 nitrogen and oxygen atoms in total. The fourth-order valence-corrected chi connectivity index (χ4v) is 3.32. The Balaban J connectivity index is 1.53. The van der Waals surface area contributed by atoms with Crippen LogP contribution in [0.5, 0.6) is 0 Å². The number of rotatable bonds is 6. The van der Waals surface area contributed by atoms with E-state index < -0.39 is 0 Å². The summed E-state index contributed by atoms with van der Waals surface area (Å²) in [6.07, 6.45) is 0. The number of benzene rings is 2. The highest BCUT2D eigenvalue weighted by Crippen LogP contribution is 2.33. The number of aromatic nitrogens is 3. The predicted octanol–water partition coefficient (Wildman–Crippen LogP) is 5.20. The molecule has 4 aromatic rings. The van der Waals surface area contributed by atoms with E-state index in [0.29, 0.717) is 35.3 Å². The second-order valence-electron chi connectivity index (χ2n) is 6.45. The molecule has 142 valence electrons. The molecule has 2 heterocycles. The lowest BCUT2D eigenvalue weighted by Gasteiger charge is -2.14. The zero-order chi connectivity index (χ0) is 19.5. The van der Waals surface area contributed by atoms with Gasteiger partial charge in [-0.2, -0.15) is 0 Å². The molecule has 4 rings (SSSR count). The molecule has 28 heavy (non-hydrogen) atoms. The Kier molecular flexibility index (Phi) is 5.23. The number of nitrogens with zero attached hydrogens (tertiary/aromatic N) is 3. The predicted molar refractivity (Wildman–Crippen MR) is 107 cm³/mol. The Morgan fingerprint density at radius 1 is 1.04 bits per heavy atom. The van der Waals surface area contributed by atoms with Crippen LogP contribution in [0, 0.1) is 6.92 Å². The minimum absolute atomic E-state index is 0.0428. The van der Waals surface area contributed by atoms with Crippen LogP contribution in [0.1, 0.15) is 30.2 Å². The van der Waals surface area contributed by atoms with Crippen molar-refractivity contribution in [2.45, 2.75) is 26.4 Å². The zero-order valence-electron chi connectivity index (χ0n) is 15.5. The quantitative estimate of drug-likeness (QED) is 0.484. The second kappa shape index (κ2) is 7.96. The van der Waals surface area contributed by atoms with Gasteiger partial charge in [-0.05, 0) is 25.5 Å². The first-order valence-electron chi connectivity index (χ1n) is 8.95. The molecule has 1 N–H and O–H groups in total. The monoisotopic (exact) mass is 394 g/mol. The maximum atomic E-state index is 6.26. The van der Waals surface area contributed by atoms with Crippen LogP contribution in [-0.2, 0) is 6.54 Å². The number of aryl methyl sites for hydroxylation is 1. The van der Waals surface area contributed by atoms with Crippen molar-refractivity contribution >= 4 is 11.6 Å². The lowest BCUT2D eigenvalue weighted by Crippen LogP contribution is -2.18. The van der Waals surface area contributed by atoms with Crippen molar-refractivity contribution in [2.24, 2.45) is 0 Å². The van der Waals surface area contributed by atoms with E-state index in [1.54, 1.807) is 0 Å². The summed E-state index contributed by atoms with van der Waals surface area (Å²) in [7, 11) is 0. The summed E-state index contributed by atoms with van der Waals surface area (Å²) in [5, 5.41) is 16.6. The van der Waals surface area contributed by atoms with Crippen molar-refractivity contribution in [1.29, 1.82) is 0 Å². The average molecular weight is 395 g/mol. The van der Waals surface area contributed by atoms with E-state index in [1.807, 2.05) is 68.4 Å². The fraction of sp³-hybridized carbons (Fsp3) is 0.190. The van der Waals surface area contributed by atoms with E-state index in [4.69, 9.17) is 20.5 Å². The number of hydrogen-bond donors (Lipinski definition) is 1. The molecule has 0 amide bonds. The van der Waals surface area contributed by atoms with Gasteiger partial charge < -0.3 is 14.3 Å². The average Bonchev–Trinajstić information content (AvgIpc) is 3.33. The first kappa shape index (κ1) is 18.4. The highest BCUT2D eigenvalue weighted by molar-refractivity contribution is 6.31. The van der Waals surface area contributed by atoms with Gasteiger partial charge in [0.2, 0.25) is 5.89 Å². The molecule has 2 aromatic heterocycles. The zero-order valence-corrected chi connectivity index (χ0v) is 16.3. The number of halogens is 1. The van der Waals surface area contributed by atoms with Crippen LogP contribution in [0.3, 0.4) is 0 Å². The summed E-state index contributed by atoms with van der Waals surface area (Å²) in [4.78, 5) is 0. The van der Waals surface area contributed by atoms with E-state index in [2.05, 4.69) is 20.7 Å². The second-order valence-corrected chi connectivity index (χ2v) is 6.86. The van der Waals surface area contributed by atoms with E-state index in [9.17, 15) is 0 Å². The third-order valence-electron chi connectivity index (χ3n) is 4.52. The van der Waals surface area contributed by atoms with Gasteiger partial charge in [-0.25, -0.2) is 0 Å². The number of hydrogen-bond acceptors (Lipinski definition) is 6. The van der Waals surface area contributed by atoms with Crippen LogP contribution in [0.4, 0.5) is 0 Å². The molecule has 2 aromatic carbocycles. The molecule has 0 aliphatic rings. The van der Waals surface area contributed by atoms with E-state index in [-0.39, 0.29) is 6.04 Å². The first-order valence-corrected chi connectivity index (χ1v) is 9.33. The normalized spacial score (nSPS) is 12.2. The topological polar surface area (TPSA) is 77.0 Å². The van der Waals surface area contributed by atoms with Gasteiger partial charge in [0.25, 0.3) is 5.89 Å². The van der Waals surface area contributed by atoms with Crippen LogP contribution in [-0.4, -0.2) is 15.4 Å². The van der Waals surface area contributed by atoms with Crippen molar-refractivity contribution in [3.05, 3.63) is 76.8 Å². The highest BCUT2D eigenvalue weighted by Gasteiger charge is 2.22. The minimum Gasteiger partial charge on any atom is -0.419 e. The van der Waals surface area contributed by atoms with Crippen LogP contribution in [0.25, 0.3) is 22.7 Å². The molecule has 7 heteroatoms. The molecule has 1 atom stereocenters. The standard InChI is InChI=1S/C21H19ClN4O2/c1-13(16-10-6-7-11-17(16)22)23-12-18-24-25-21(27-18)19-14(2)28-26-20(19)15-8-4-3-5-9-15/h3-11,13,23H,12H2,1-2H3/t13-/m0/s1. The third-order valence-corrected chi connectivity index (χ3v) is 4.87. The summed E-state index contributed by atoms with van der Waals surface area (Å²) >= 11 is 6.26. The molecule has 0 radical (unpaired) electrons. The van der Waals surface area contributed by atoms with Gasteiger partial charge in [0.05, 0.1) is 6.54 Å². The minimum atomic E-state index is 0.0428. The van der Waals surface area contributed by atoms with Gasteiger partial charge in [-0.1, -0.05) is 65.3 Å². The van der Waals surface area contributed by atoms with Crippen LogP contribution in [0.2, 0.25) is 5.02 Å². The molecular formula is C21H19ClN4O2. The summed E-state index contributed by atoms with van der Waals surface area (Å²) in [6.45, 7) is 4.29. The van der Waals surface area contributed by atoms with Crippen LogP contribution >= 0.6 is 11.6 Å². The van der Waals surface area contributed by atoms with E-state index >= 15 is 0 Å². The molecular weight excluding hydrogens is 376 g/mol. The summed E-state index contributed by atoms with van der Waals surface area (Å²) in [5.41, 5.74) is 3.35. The summed E-state index contributed by atoms with van der Waals surface area (Å²) in [5.74, 6) is 1.50. The van der Waals surface area contributed by atoms with Gasteiger partial charge in [-0.3, -0.25) is 0 Å². The van der Waals surface area contributed by atoms with Crippen molar-refractivity contribution in [1.82, 2.24) is 20.7 Å². The molecule has 0 fully saturated rings. The molecule has 0 saturated heterocycles. The van der Waals surface area contributed by atoms with E-state index in [0.717, 1.165) is 16.1 Å². The summed E-state index contributed by atoms with van der Waals surface area (Å²) in [6, 6.07) is 17.6. The van der Waals surface area contributed by atoms with Gasteiger partial charge in [0.15, 0.2) is 0 Å². The van der Waals surface area contributed by atoms with Crippen LogP contribution < -0.4 is 5.32 Å².